The van der Waals surface area contributed by atoms with E-state index in [9.17, 15) is 5.11 Å². The Morgan fingerprint density at radius 3 is 1.92 bits per heavy atom. The molecule has 1 unspecified atom stereocenters. The standard InChI is InChI=1S/C16H27N7O2/c24-12-13(25)11-17-21-14-18-15(22-7-3-1-4-8-22)20-16(19-14)23-9-5-2-6-10-23/h11,13,24-25H,1-10,12H2,(H,18,19,20,21)/b17-11+. The van der Waals surface area contributed by atoms with E-state index in [1.807, 2.05) is 0 Å². The molecule has 1 aromatic heterocycles. The summed E-state index contributed by atoms with van der Waals surface area (Å²) in [4.78, 5) is 18.0. The fraction of sp³-hybridized carbons (Fsp3) is 0.750. The van der Waals surface area contributed by atoms with Crippen molar-refractivity contribution in [2.24, 2.45) is 5.10 Å². The molecule has 3 heterocycles. The molecule has 3 N–H and O–H groups in total. The lowest BCUT2D eigenvalue weighted by Gasteiger charge is -2.30. The van der Waals surface area contributed by atoms with E-state index in [1.54, 1.807) is 0 Å². The molecule has 138 valence electrons. The molecule has 0 bridgehead atoms. The molecule has 0 aliphatic carbocycles. The third-order valence-electron chi connectivity index (χ3n) is 4.49. The number of hydrogen-bond donors (Lipinski definition) is 3. The summed E-state index contributed by atoms with van der Waals surface area (Å²) in [6.07, 6.45) is 7.30. The van der Waals surface area contributed by atoms with Crippen LogP contribution in [-0.2, 0) is 0 Å². The summed E-state index contributed by atoms with van der Waals surface area (Å²) in [6, 6.07) is 0. The molecule has 0 spiro atoms. The zero-order valence-electron chi connectivity index (χ0n) is 14.5. The summed E-state index contributed by atoms with van der Waals surface area (Å²) in [6.45, 7) is 3.44. The third kappa shape index (κ3) is 4.99. The molecule has 9 nitrogen and oxygen atoms in total. The van der Waals surface area contributed by atoms with Gasteiger partial charge in [-0.05, 0) is 38.5 Å². The van der Waals surface area contributed by atoms with Crippen LogP contribution in [0.5, 0.6) is 0 Å². The Labute approximate surface area is 147 Å². The molecule has 0 amide bonds. The van der Waals surface area contributed by atoms with Gasteiger partial charge < -0.3 is 20.0 Å². The van der Waals surface area contributed by atoms with Gasteiger partial charge >= 0.3 is 0 Å². The van der Waals surface area contributed by atoms with E-state index in [1.165, 1.54) is 19.1 Å². The number of rotatable bonds is 6. The number of hydrogen-bond acceptors (Lipinski definition) is 9. The van der Waals surface area contributed by atoms with Crippen molar-refractivity contribution in [2.75, 3.05) is 48.0 Å². The van der Waals surface area contributed by atoms with E-state index in [0.29, 0.717) is 17.8 Å². The number of piperidine rings is 2. The molecule has 0 aromatic carbocycles. The minimum absolute atomic E-state index is 0.359. The monoisotopic (exact) mass is 349 g/mol. The lowest BCUT2D eigenvalue weighted by atomic mass is 10.1. The number of aliphatic hydroxyl groups is 2. The molecule has 2 fully saturated rings. The van der Waals surface area contributed by atoms with Crippen molar-refractivity contribution >= 4 is 24.1 Å². The van der Waals surface area contributed by atoms with Crippen LogP contribution in [0.1, 0.15) is 38.5 Å². The highest BCUT2D eigenvalue weighted by Crippen LogP contribution is 2.22. The molecule has 1 atom stereocenters. The van der Waals surface area contributed by atoms with Gasteiger partial charge in [0.25, 0.3) is 0 Å². The maximum atomic E-state index is 9.34. The van der Waals surface area contributed by atoms with Gasteiger partial charge in [0.2, 0.25) is 17.8 Å². The van der Waals surface area contributed by atoms with E-state index >= 15 is 0 Å². The minimum Gasteiger partial charge on any atom is -0.393 e. The summed E-state index contributed by atoms with van der Waals surface area (Å²) < 4.78 is 0. The number of aromatic nitrogens is 3. The molecule has 0 radical (unpaired) electrons. The van der Waals surface area contributed by atoms with Crippen LogP contribution in [-0.4, -0.2) is 70.3 Å². The fourth-order valence-corrected chi connectivity index (χ4v) is 3.10. The first-order valence-corrected chi connectivity index (χ1v) is 9.10. The van der Waals surface area contributed by atoms with Crippen LogP contribution in [0.2, 0.25) is 0 Å². The maximum Gasteiger partial charge on any atom is 0.250 e. The van der Waals surface area contributed by atoms with Gasteiger partial charge in [-0.1, -0.05) is 0 Å². The topological polar surface area (TPSA) is 110 Å². The highest BCUT2D eigenvalue weighted by atomic mass is 16.3. The second kappa shape index (κ2) is 8.91. The summed E-state index contributed by atoms with van der Waals surface area (Å²) >= 11 is 0. The zero-order chi connectivity index (χ0) is 17.5. The van der Waals surface area contributed by atoms with Gasteiger partial charge in [0.05, 0.1) is 12.8 Å². The number of hydrazone groups is 1. The van der Waals surface area contributed by atoms with Gasteiger partial charge in [0.1, 0.15) is 6.10 Å². The fourth-order valence-electron chi connectivity index (χ4n) is 3.10. The van der Waals surface area contributed by atoms with Crippen LogP contribution in [0.15, 0.2) is 5.10 Å². The second-order valence-electron chi connectivity index (χ2n) is 6.49. The van der Waals surface area contributed by atoms with Gasteiger partial charge in [-0.15, -0.1) is 0 Å². The highest BCUT2D eigenvalue weighted by molar-refractivity contribution is 5.63. The molecule has 3 rings (SSSR count). The van der Waals surface area contributed by atoms with E-state index in [-0.39, 0.29) is 6.61 Å². The largest absolute Gasteiger partial charge is 0.393 e. The molecule has 2 saturated heterocycles. The molecule has 1 aromatic rings. The van der Waals surface area contributed by atoms with Gasteiger partial charge in [-0.2, -0.15) is 20.1 Å². The summed E-state index contributed by atoms with van der Waals surface area (Å²) in [5, 5.41) is 22.1. The molecule has 2 aliphatic heterocycles. The number of anilines is 3. The molecule has 2 aliphatic rings. The molecular formula is C16H27N7O2. The maximum absolute atomic E-state index is 9.34. The van der Waals surface area contributed by atoms with E-state index in [0.717, 1.165) is 51.9 Å². The van der Waals surface area contributed by atoms with Crippen molar-refractivity contribution < 1.29 is 10.2 Å². The van der Waals surface area contributed by atoms with Crippen molar-refractivity contribution in [1.29, 1.82) is 0 Å². The van der Waals surface area contributed by atoms with Crippen LogP contribution >= 0.6 is 0 Å². The van der Waals surface area contributed by atoms with Crippen molar-refractivity contribution in [1.82, 2.24) is 15.0 Å². The lowest BCUT2D eigenvalue weighted by Crippen LogP contribution is -2.34. The van der Waals surface area contributed by atoms with Crippen LogP contribution in [0.25, 0.3) is 0 Å². The Morgan fingerprint density at radius 1 is 0.920 bits per heavy atom. The quantitative estimate of drug-likeness (QED) is 0.506. The Hall–Kier alpha value is -2.00. The van der Waals surface area contributed by atoms with Crippen molar-refractivity contribution in [3.63, 3.8) is 0 Å². The Bertz CT molecular complexity index is 535. The van der Waals surface area contributed by atoms with E-state index in [2.05, 4.69) is 35.3 Å². The Kier molecular flexibility index (Phi) is 6.35. The Morgan fingerprint density at radius 2 is 1.44 bits per heavy atom. The summed E-state index contributed by atoms with van der Waals surface area (Å²) in [5.74, 6) is 1.71. The van der Waals surface area contributed by atoms with Crippen LogP contribution < -0.4 is 15.2 Å². The normalized spacial score (nSPS) is 20.1. The SMILES string of the molecule is OCC(O)/C=N/Nc1nc(N2CCCCC2)nc(N2CCCCC2)n1. The minimum atomic E-state index is -1.00. The molecular weight excluding hydrogens is 322 g/mol. The predicted molar refractivity (Wildman–Crippen MR) is 97.2 cm³/mol. The third-order valence-corrected chi connectivity index (χ3v) is 4.49. The van der Waals surface area contributed by atoms with Gasteiger partial charge in [-0.3, -0.25) is 0 Å². The van der Waals surface area contributed by atoms with Crippen molar-refractivity contribution in [2.45, 2.75) is 44.6 Å². The number of aliphatic hydroxyl groups excluding tert-OH is 2. The summed E-state index contributed by atoms with van der Waals surface area (Å²) in [7, 11) is 0. The van der Waals surface area contributed by atoms with E-state index in [4.69, 9.17) is 5.11 Å². The van der Waals surface area contributed by atoms with Gasteiger partial charge in [-0.25, -0.2) is 5.43 Å². The first-order valence-electron chi connectivity index (χ1n) is 9.10. The van der Waals surface area contributed by atoms with Crippen LogP contribution in [0.4, 0.5) is 17.8 Å². The average Bonchev–Trinajstić information content (AvgIpc) is 2.69. The lowest BCUT2D eigenvalue weighted by molar-refractivity contribution is 0.148. The zero-order valence-corrected chi connectivity index (χ0v) is 14.5. The predicted octanol–water partition coefficient (Wildman–Crippen LogP) is 0.603. The Balaban J connectivity index is 1.80. The smallest absolute Gasteiger partial charge is 0.250 e. The first-order chi connectivity index (χ1) is 12.3. The molecule has 0 saturated carbocycles. The number of nitrogens with one attached hydrogen (secondary N) is 1. The van der Waals surface area contributed by atoms with E-state index < -0.39 is 6.10 Å². The average molecular weight is 349 g/mol. The van der Waals surface area contributed by atoms with Gasteiger partial charge in [0.15, 0.2) is 0 Å². The van der Waals surface area contributed by atoms with Crippen LogP contribution in [0, 0.1) is 0 Å². The molecule has 9 heteroatoms. The highest BCUT2D eigenvalue weighted by Gasteiger charge is 2.20. The summed E-state index contributed by atoms with van der Waals surface area (Å²) in [5.41, 5.74) is 2.75. The van der Waals surface area contributed by atoms with Crippen molar-refractivity contribution in [3.05, 3.63) is 0 Å². The van der Waals surface area contributed by atoms with Crippen LogP contribution in [0.3, 0.4) is 0 Å². The molecule has 25 heavy (non-hydrogen) atoms. The second-order valence-corrected chi connectivity index (χ2v) is 6.49. The van der Waals surface area contributed by atoms with Gasteiger partial charge in [0, 0.05) is 26.2 Å². The van der Waals surface area contributed by atoms with Crippen molar-refractivity contribution in [3.8, 4) is 0 Å². The first kappa shape index (κ1) is 17.8. The number of nitrogens with zero attached hydrogens (tertiary/aromatic N) is 6.